The summed E-state index contributed by atoms with van der Waals surface area (Å²) in [6.45, 7) is 2.14. The van der Waals surface area contributed by atoms with Gasteiger partial charge in [-0.15, -0.1) is 0 Å². The summed E-state index contributed by atoms with van der Waals surface area (Å²) >= 11 is 0. The molecule has 18 heavy (non-hydrogen) atoms. The Labute approximate surface area is 109 Å². The van der Waals surface area contributed by atoms with E-state index >= 15 is 0 Å². The fourth-order valence-electron chi connectivity index (χ4n) is 3.72. The fraction of sp³-hybridized carbons (Fsp3) is 0.929. The van der Waals surface area contributed by atoms with Crippen LogP contribution >= 0.6 is 0 Å². The highest BCUT2D eigenvalue weighted by Crippen LogP contribution is 2.58. The Kier molecular flexibility index (Phi) is 3.32. The second kappa shape index (κ2) is 4.82. The molecule has 1 spiro atoms. The van der Waals surface area contributed by atoms with Crippen LogP contribution in [-0.4, -0.2) is 36.2 Å². The second-order valence-electron chi connectivity index (χ2n) is 6.38. The third-order valence-corrected chi connectivity index (χ3v) is 5.15. The Hall–Kier alpha value is -0.610. The van der Waals surface area contributed by atoms with E-state index in [1.807, 2.05) is 0 Å². The Balaban J connectivity index is 1.48. The Morgan fingerprint density at radius 2 is 1.83 bits per heavy atom. The average molecular weight is 252 g/mol. The number of carbonyl (C=O) groups excluding carboxylic acids is 1. The Bertz CT molecular complexity index is 318. The van der Waals surface area contributed by atoms with Crippen molar-refractivity contribution in [3.8, 4) is 0 Å². The molecule has 0 unspecified atom stereocenters. The van der Waals surface area contributed by atoms with Crippen LogP contribution in [0.25, 0.3) is 0 Å². The van der Waals surface area contributed by atoms with Crippen molar-refractivity contribution in [2.45, 2.75) is 57.1 Å². The quantitative estimate of drug-likeness (QED) is 0.681. The van der Waals surface area contributed by atoms with Crippen molar-refractivity contribution in [1.29, 1.82) is 0 Å². The van der Waals surface area contributed by atoms with Crippen molar-refractivity contribution in [2.24, 2.45) is 11.3 Å². The summed E-state index contributed by atoms with van der Waals surface area (Å²) in [5, 5.41) is 16.0. The smallest absolute Gasteiger partial charge is 0.223 e. The van der Waals surface area contributed by atoms with Gasteiger partial charge in [-0.1, -0.05) is 0 Å². The fourth-order valence-corrected chi connectivity index (χ4v) is 3.72. The van der Waals surface area contributed by atoms with E-state index in [1.54, 1.807) is 0 Å². The van der Waals surface area contributed by atoms with E-state index in [9.17, 15) is 9.90 Å². The van der Waals surface area contributed by atoms with Gasteiger partial charge in [-0.05, 0) is 63.5 Å². The molecule has 3 fully saturated rings. The van der Waals surface area contributed by atoms with E-state index < -0.39 is 0 Å². The van der Waals surface area contributed by atoms with Crippen LogP contribution in [-0.2, 0) is 4.79 Å². The second-order valence-corrected chi connectivity index (χ2v) is 6.38. The highest BCUT2D eigenvalue weighted by atomic mass is 16.3. The molecule has 4 nitrogen and oxygen atoms in total. The molecule has 2 aliphatic carbocycles. The van der Waals surface area contributed by atoms with Gasteiger partial charge in [0, 0.05) is 12.0 Å². The van der Waals surface area contributed by atoms with Gasteiger partial charge in [0.2, 0.25) is 5.91 Å². The number of carbonyl (C=O) groups is 1. The number of rotatable bonds is 2. The van der Waals surface area contributed by atoms with Crippen LogP contribution < -0.4 is 10.6 Å². The van der Waals surface area contributed by atoms with Crippen LogP contribution in [0.4, 0.5) is 0 Å². The van der Waals surface area contributed by atoms with Crippen molar-refractivity contribution >= 4 is 5.91 Å². The van der Waals surface area contributed by atoms with Gasteiger partial charge < -0.3 is 15.7 Å². The lowest BCUT2D eigenvalue weighted by atomic mass is 9.90. The molecule has 1 amide bonds. The molecule has 0 aromatic heterocycles. The molecule has 3 N–H and O–H groups in total. The zero-order valence-corrected chi connectivity index (χ0v) is 11.0. The Morgan fingerprint density at radius 3 is 2.50 bits per heavy atom. The molecule has 1 saturated heterocycles. The van der Waals surface area contributed by atoms with Crippen molar-refractivity contribution < 1.29 is 9.90 Å². The number of aliphatic hydroxyl groups is 1. The molecular formula is C14H24N2O2. The van der Waals surface area contributed by atoms with E-state index in [0.717, 1.165) is 58.0 Å². The standard InChI is InChI=1S/C14H24N2O2/c17-11-3-1-10(2-4-11)16-13(18)12-9-14(12)5-7-15-8-6-14/h10-12,15,17H,1-9H2,(H,16,18)/t10?,11?,12-/m1/s1. The summed E-state index contributed by atoms with van der Waals surface area (Å²) in [5.74, 6) is 0.546. The molecule has 1 aliphatic heterocycles. The van der Waals surface area contributed by atoms with Gasteiger partial charge in [-0.25, -0.2) is 0 Å². The third kappa shape index (κ3) is 2.41. The lowest BCUT2D eigenvalue weighted by Crippen LogP contribution is -2.41. The molecule has 1 heterocycles. The zero-order valence-electron chi connectivity index (χ0n) is 11.0. The lowest BCUT2D eigenvalue weighted by Gasteiger charge is -2.27. The number of hydrogen-bond acceptors (Lipinski definition) is 3. The van der Waals surface area contributed by atoms with E-state index in [1.165, 1.54) is 0 Å². The maximum Gasteiger partial charge on any atom is 0.223 e. The Morgan fingerprint density at radius 1 is 1.17 bits per heavy atom. The first-order chi connectivity index (χ1) is 8.70. The predicted molar refractivity (Wildman–Crippen MR) is 69.0 cm³/mol. The lowest BCUT2D eigenvalue weighted by molar-refractivity contribution is -0.124. The minimum atomic E-state index is -0.144. The highest BCUT2D eigenvalue weighted by molar-refractivity contribution is 5.82. The average Bonchev–Trinajstić information content (AvgIpc) is 3.07. The van der Waals surface area contributed by atoms with Gasteiger partial charge in [0.25, 0.3) is 0 Å². The van der Waals surface area contributed by atoms with Crippen molar-refractivity contribution in [1.82, 2.24) is 10.6 Å². The highest BCUT2D eigenvalue weighted by Gasteiger charge is 2.57. The molecule has 102 valence electrons. The van der Waals surface area contributed by atoms with Gasteiger partial charge in [0.05, 0.1) is 6.10 Å². The van der Waals surface area contributed by atoms with Crippen molar-refractivity contribution in [3.05, 3.63) is 0 Å². The van der Waals surface area contributed by atoms with Gasteiger partial charge >= 0.3 is 0 Å². The summed E-state index contributed by atoms with van der Waals surface area (Å²) in [7, 11) is 0. The molecule has 0 radical (unpaired) electrons. The number of piperidine rings is 1. The molecule has 3 aliphatic rings. The largest absolute Gasteiger partial charge is 0.393 e. The number of hydrogen-bond donors (Lipinski definition) is 3. The van der Waals surface area contributed by atoms with Gasteiger partial charge in [0.1, 0.15) is 0 Å². The maximum atomic E-state index is 12.2. The summed E-state index contributed by atoms with van der Waals surface area (Å²) in [6, 6.07) is 0.306. The molecule has 4 heteroatoms. The van der Waals surface area contributed by atoms with Crippen LogP contribution in [0.1, 0.15) is 44.9 Å². The van der Waals surface area contributed by atoms with Crippen LogP contribution in [0.3, 0.4) is 0 Å². The number of nitrogens with one attached hydrogen (secondary N) is 2. The molecular weight excluding hydrogens is 228 g/mol. The van der Waals surface area contributed by atoms with Crippen LogP contribution in [0.2, 0.25) is 0 Å². The first kappa shape index (κ1) is 12.4. The number of aliphatic hydroxyl groups excluding tert-OH is 1. The van der Waals surface area contributed by atoms with E-state index in [2.05, 4.69) is 10.6 Å². The minimum absolute atomic E-state index is 0.144. The SMILES string of the molecule is O=C(NC1CCC(O)CC1)[C@H]1CC12CCNCC2. The van der Waals surface area contributed by atoms with Crippen LogP contribution in [0.5, 0.6) is 0 Å². The molecule has 2 saturated carbocycles. The maximum absolute atomic E-state index is 12.2. The first-order valence-corrected chi connectivity index (χ1v) is 7.39. The predicted octanol–water partition coefficient (Wildman–Crippen LogP) is 0.796. The summed E-state index contributed by atoms with van der Waals surface area (Å²) in [4.78, 5) is 12.2. The topological polar surface area (TPSA) is 61.4 Å². The normalized spacial score (nSPS) is 38.4. The zero-order chi connectivity index (χ0) is 12.6. The van der Waals surface area contributed by atoms with Gasteiger partial charge in [-0.3, -0.25) is 4.79 Å². The third-order valence-electron chi connectivity index (χ3n) is 5.15. The molecule has 0 aromatic carbocycles. The minimum Gasteiger partial charge on any atom is -0.393 e. The monoisotopic (exact) mass is 252 g/mol. The molecule has 0 aromatic rings. The van der Waals surface area contributed by atoms with Gasteiger partial charge in [0.15, 0.2) is 0 Å². The van der Waals surface area contributed by atoms with Crippen molar-refractivity contribution in [2.75, 3.05) is 13.1 Å². The van der Waals surface area contributed by atoms with Gasteiger partial charge in [-0.2, -0.15) is 0 Å². The van der Waals surface area contributed by atoms with E-state index in [-0.39, 0.29) is 17.9 Å². The number of amides is 1. The summed E-state index contributed by atoms with van der Waals surface area (Å²) in [5.41, 5.74) is 0.337. The molecule has 0 bridgehead atoms. The summed E-state index contributed by atoms with van der Waals surface area (Å²) in [6.07, 6.45) is 6.83. The van der Waals surface area contributed by atoms with Crippen molar-refractivity contribution in [3.63, 3.8) is 0 Å². The summed E-state index contributed by atoms with van der Waals surface area (Å²) < 4.78 is 0. The van der Waals surface area contributed by atoms with Crippen LogP contribution in [0, 0.1) is 11.3 Å². The molecule has 3 rings (SSSR count). The van der Waals surface area contributed by atoms with Crippen LogP contribution in [0.15, 0.2) is 0 Å². The first-order valence-electron chi connectivity index (χ1n) is 7.39. The van der Waals surface area contributed by atoms with E-state index in [0.29, 0.717) is 11.5 Å². The molecule has 1 atom stereocenters. The van der Waals surface area contributed by atoms with E-state index in [4.69, 9.17) is 0 Å².